The molecule has 1 aromatic carbocycles. The van der Waals surface area contributed by atoms with Crippen LogP contribution < -0.4 is 0 Å². The Morgan fingerprint density at radius 2 is 2.00 bits per heavy atom. The van der Waals surface area contributed by atoms with Crippen LogP contribution in [0.3, 0.4) is 0 Å². The molecule has 2 heterocycles. The van der Waals surface area contributed by atoms with Gasteiger partial charge in [-0.3, -0.25) is 4.79 Å². The number of aromatic nitrogens is 2. The number of halogens is 1. The molecule has 3 rings (SSSR count). The molecule has 0 aliphatic carbocycles. The Bertz CT molecular complexity index is 711. The van der Waals surface area contributed by atoms with E-state index in [9.17, 15) is 9.18 Å². The topological polar surface area (TPSA) is 59.2 Å². The summed E-state index contributed by atoms with van der Waals surface area (Å²) >= 11 is 1.19. The van der Waals surface area contributed by atoms with E-state index in [2.05, 4.69) is 24.0 Å². The molecule has 1 saturated heterocycles. The van der Waals surface area contributed by atoms with E-state index in [4.69, 9.17) is 4.42 Å². The normalized spacial score (nSPS) is 21.0. The van der Waals surface area contributed by atoms with Gasteiger partial charge in [-0.15, -0.1) is 10.2 Å². The summed E-state index contributed by atoms with van der Waals surface area (Å²) in [5, 5.41) is 8.03. The lowest BCUT2D eigenvalue weighted by Gasteiger charge is -2.34. The fourth-order valence-electron chi connectivity index (χ4n) is 3.09. The Morgan fingerprint density at radius 3 is 2.71 bits per heavy atom. The standard InChI is InChI=1S/C17H20FN3O2S/c1-11-7-12(2)9-21(8-11)15(22)10-24-17-20-19-16(23-17)13-5-3-4-6-14(13)18/h3-6,11-12H,7-10H2,1-2H3. The predicted molar refractivity (Wildman–Crippen MR) is 89.9 cm³/mol. The first kappa shape index (κ1) is 17.0. The molecule has 128 valence electrons. The fraction of sp³-hybridized carbons (Fsp3) is 0.471. The molecule has 2 aromatic rings. The predicted octanol–water partition coefficient (Wildman–Crippen LogP) is 3.47. The van der Waals surface area contributed by atoms with Crippen LogP contribution in [0.5, 0.6) is 0 Å². The number of benzene rings is 1. The van der Waals surface area contributed by atoms with Gasteiger partial charge in [0.1, 0.15) is 5.82 Å². The number of likely N-dealkylation sites (tertiary alicyclic amines) is 1. The van der Waals surface area contributed by atoms with Gasteiger partial charge in [0, 0.05) is 13.1 Å². The minimum atomic E-state index is -0.412. The molecule has 2 unspecified atom stereocenters. The summed E-state index contributed by atoms with van der Waals surface area (Å²) in [7, 11) is 0. The molecule has 1 amide bonds. The van der Waals surface area contributed by atoms with Crippen molar-refractivity contribution in [1.29, 1.82) is 0 Å². The first-order chi connectivity index (χ1) is 11.5. The van der Waals surface area contributed by atoms with E-state index in [1.807, 2.05) is 4.90 Å². The van der Waals surface area contributed by atoms with Crippen molar-refractivity contribution in [2.24, 2.45) is 11.8 Å². The highest BCUT2D eigenvalue weighted by atomic mass is 32.2. The maximum atomic E-state index is 13.7. The monoisotopic (exact) mass is 349 g/mol. The molecule has 5 nitrogen and oxygen atoms in total. The van der Waals surface area contributed by atoms with Gasteiger partial charge in [-0.05, 0) is 30.4 Å². The molecular weight excluding hydrogens is 329 g/mol. The van der Waals surface area contributed by atoms with E-state index in [0.29, 0.717) is 11.8 Å². The second-order valence-corrected chi connectivity index (χ2v) is 7.31. The Hall–Kier alpha value is -1.89. The van der Waals surface area contributed by atoms with Crippen molar-refractivity contribution in [2.45, 2.75) is 25.5 Å². The summed E-state index contributed by atoms with van der Waals surface area (Å²) in [5.41, 5.74) is 0.266. The summed E-state index contributed by atoms with van der Waals surface area (Å²) < 4.78 is 19.2. The average Bonchev–Trinajstić information content (AvgIpc) is 3.01. The molecule has 0 saturated carbocycles. The van der Waals surface area contributed by atoms with Crippen molar-refractivity contribution >= 4 is 17.7 Å². The Kier molecular flexibility index (Phi) is 5.18. The second kappa shape index (κ2) is 7.34. The molecular formula is C17H20FN3O2S. The van der Waals surface area contributed by atoms with Crippen LogP contribution in [0, 0.1) is 17.7 Å². The lowest BCUT2D eigenvalue weighted by Crippen LogP contribution is -2.43. The molecule has 0 bridgehead atoms. The highest BCUT2D eigenvalue weighted by Crippen LogP contribution is 2.26. The first-order valence-corrected chi connectivity index (χ1v) is 9.00. The van der Waals surface area contributed by atoms with Crippen molar-refractivity contribution < 1.29 is 13.6 Å². The summed E-state index contributed by atoms with van der Waals surface area (Å²) in [4.78, 5) is 14.3. The van der Waals surface area contributed by atoms with Gasteiger partial charge in [0.2, 0.25) is 5.91 Å². The fourth-order valence-corrected chi connectivity index (χ4v) is 3.76. The van der Waals surface area contributed by atoms with Gasteiger partial charge < -0.3 is 9.32 Å². The van der Waals surface area contributed by atoms with Crippen LogP contribution in [-0.2, 0) is 4.79 Å². The van der Waals surface area contributed by atoms with E-state index >= 15 is 0 Å². The molecule has 1 fully saturated rings. The number of nitrogens with zero attached hydrogens (tertiary/aromatic N) is 3. The van der Waals surface area contributed by atoms with E-state index in [0.717, 1.165) is 19.5 Å². The van der Waals surface area contributed by atoms with Crippen LogP contribution in [0.15, 0.2) is 33.9 Å². The zero-order chi connectivity index (χ0) is 17.1. The third-order valence-corrected chi connectivity index (χ3v) is 4.85. The highest BCUT2D eigenvalue weighted by Gasteiger charge is 2.25. The molecule has 1 aliphatic heterocycles. The van der Waals surface area contributed by atoms with Crippen molar-refractivity contribution in [2.75, 3.05) is 18.8 Å². The molecule has 2 atom stereocenters. The number of hydrogen-bond acceptors (Lipinski definition) is 5. The van der Waals surface area contributed by atoms with E-state index < -0.39 is 5.82 Å². The molecule has 0 spiro atoms. The van der Waals surface area contributed by atoms with Crippen LogP contribution in [-0.4, -0.2) is 39.8 Å². The maximum Gasteiger partial charge on any atom is 0.277 e. The molecule has 0 radical (unpaired) electrons. The number of rotatable bonds is 4. The van der Waals surface area contributed by atoms with Crippen LogP contribution in [0.2, 0.25) is 0 Å². The van der Waals surface area contributed by atoms with Crippen LogP contribution in [0.4, 0.5) is 4.39 Å². The van der Waals surface area contributed by atoms with Gasteiger partial charge in [-0.2, -0.15) is 0 Å². The third kappa shape index (κ3) is 3.95. The Balaban J connectivity index is 1.59. The van der Waals surface area contributed by atoms with Crippen molar-refractivity contribution in [3.8, 4) is 11.5 Å². The molecule has 1 aromatic heterocycles. The summed E-state index contributed by atoms with van der Waals surface area (Å²) in [5.74, 6) is 1.09. The Morgan fingerprint density at radius 1 is 1.29 bits per heavy atom. The van der Waals surface area contributed by atoms with Crippen LogP contribution in [0.1, 0.15) is 20.3 Å². The van der Waals surface area contributed by atoms with Crippen molar-refractivity contribution in [1.82, 2.24) is 15.1 Å². The number of carbonyl (C=O) groups excluding carboxylic acids is 1. The van der Waals surface area contributed by atoms with E-state index in [1.165, 1.54) is 17.8 Å². The van der Waals surface area contributed by atoms with Crippen molar-refractivity contribution in [3.63, 3.8) is 0 Å². The van der Waals surface area contributed by atoms with Gasteiger partial charge in [-0.1, -0.05) is 37.7 Å². The lowest BCUT2D eigenvalue weighted by atomic mass is 9.92. The summed E-state index contributed by atoms with van der Waals surface area (Å²) in [6.45, 7) is 5.94. The third-order valence-electron chi connectivity index (χ3n) is 4.05. The largest absolute Gasteiger partial charge is 0.411 e. The summed E-state index contributed by atoms with van der Waals surface area (Å²) in [6.07, 6.45) is 1.16. The van der Waals surface area contributed by atoms with Gasteiger partial charge in [0.15, 0.2) is 0 Å². The lowest BCUT2D eigenvalue weighted by molar-refractivity contribution is -0.130. The zero-order valence-corrected chi connectivity index (χ0v) is 14.6. The zero-order valence-electron chi connectivity index (χ0n) is 13.7. The van der Waals surface area contributed by atoms with Gasteiger partial charge in [-0.25, -0.2) is 4.39 Å². The number of carbonyl (C=O) groups is 1. The highest BCUT2D eigenvalue weighted by molar-refractivity contribution is 7.99. The average molecular weight is 349 g/mol. The minimum absolute atomic E-state index is 0.0732. The first-order valence-electron chi connectivity index (χ1n) is 8.02. The number of amides is 1. The summed E-state index contributed by atoms with van der Waals surface area (Å²) in [6, 6.07) is 6.23. The Labute approximate surface area is 144 Å². The van der Waals surface area contributed by atoms with Crippen LogP contribution >= 0.6 is 11.8 Å². The number of thioether (sulfide) groups is 1. The maximum absolute atomic E-state index is 13.7. The quantitative estimate of drug-likeness (QED) is 0.791. The molecule has 1 aliphatic rings. The van der Waals surface area contributed by atoms with Crippen LogP contribution in [0.25, 0.3) is 11.5 Å². The van der Waals surface area contributed by atoms with Gasteiger partial charge >= 0.3 is 0 Å². The molecule has 24 heavy (non-hydrogen) atoms. The van der Waals surface area contributed by atoms with Crippen molar-refractivity contribution in [3.05, 3.63) is 30.1 Å². The second-order valence-electron chi connectivity index (χ2n) is 6.39. The van der Waals surface area contributed by atoms with E-state index in [-0.39, 0.29) is 28.3 Å². The van der Waals surface area contributed by atoms with Gasteiger partial charge in [0.05, 0.1) is 11.3 Å². The van der Waals surface area contributed by atoms with E-state index in [1.54, 1.807) is 18.2 Å². The number of hydrogen-bond donors (Lipinski definition) is 0. The smallest absolute Gasteiger partial charge is 0.277 e. The van der Waals surface area contributed by atoms with Gasteiger partial charge in [0.25, 0.3) is 11.1 Å². The minimum Gasteiger partial charge on any atom is -0.411 e. The molecule has 7 heteroatoms. The SMILES string of the molecule is CC1CC(C)CN(C(=O)CSc2nnc(-c3ccccc3F)o2)C1. The number of piperidine rings is 1. The molecule has 0 N–H and O–H groups in total.